The lowest BCUT2D eigenvalue weighted by Gasteiger charge is -2.25. The first-order valence-corrected chi connectivity index (χ1v) is 11.4. The number of rotatable bonds is 12. The molecule has 0 heterocycles. The van der Waals surface area contributed by atoms with Gasteiger partial charge in [-0.2, -0.15) is 0 Å². The predicted molar refractivity (Wildman–Crippen MR) is 132 cm³/mol. The van der Waals surface area contributed by atoms with Crippen LogP contribution in [-0.4, -0.2) is 9.85 Å². The molecule has 7 heteroatoms. The van der Waals surface area contributed by atoms with E-state index in [2.05, 4.69) is 19.1 Å². The van der Waals surface area contributed by atoms with Gasteiger partial charge >= 0.3 is 0 Å². The number of unbranched alkanes of at least 4 members (excludes halogenated alkanes) is 5. The molecular formula is C26H29N3O4. The molecule has 0 saturated heterocycles. The molecule has 0 aliphatic carbocycles. The number of nitro benzene ring substituents is 2. The number of anilines is 3. The summed E-state index contributed by atoms with van der Waals surface area (Å²) in [5, 5.41) is 22.1. The molecule has 0 aliphatic rings. The predicted octanol–water partition coefficient (Wildman–Crippen LogP) is 7.88. The lowest BCUT2D eigenvalue weighted by molar-refractivity contribution is -0.385. The number of nitro groups is 2. The van der Waals surface area contributed by atoms with E-state index in [1.165, 1.54) is 61.9 Å². The molecule has 0 unspecified atom stereocenters. The summed E-state index contributed by atoms with van der Waals surface area (Å²) < 4.78 is 0. The third-order valence-electron chi connectivity index (χ3n) is 5.65. The molecule has 0 amide bonds. The first-order valence-electron chi connectivity index (χ1n) is 11.4. The molecule has 3 aromatic carbocycles. The number of hydrogen-bond donors (Lipinski definition) is 0. The third-order valence-corrected chi connectivity index (χ3v) is 5.65. The van der Waals surface area contributed by atoms with Gasteiger partial charge in [0.15, 0.2) is 0 Å². The molecule has 7 nitrogen and oxygen atoms in total. The van der Waals surface area contributed by atoms with Gasteiger partial charge in [-0.25, -0.2) is 0 Å². The first-order chi connectivity index (χ1) is 16.0. The Hall–Kier alpha value is -3.74. The van der Waals surface area contributed by atoms with E-state index in [9.17, 15) is 20.2 Å². The van der Waals surface area contributed by atoms with Gasteiger partial charge in [-0.3, -0.25) is 20.2 Å². The van der Waals surface area contributed by atoms with Crippen molar-refractivity contribution in [2.75, 3.05) is 4.90 Å². The summed E-state index contributed by atoms with van der Waals surface area (Å²) in [5.74, 6) is 0. The van der Waals surface area contributed by atoms with Crippen LogP contribution < -0.4 is 4.90 Å². The Morgan fingerprint density at radius 3 is 1.42 bits per heavy atom. The van der Waals surface area contributed by atoms with Crippen molar-refractivity contribution in [3.8, 4) is 0 Å². The van der Waals surface area contributed by atoms with E-state index >= 15 is 0 Å². The Morgan fingerprint density at radius 2 is 1.00 bits per heavy atom. The maximum Gasteiger partial charge on any atom is 0.269 e. The van der Waals surface area contributed by atoms with Crippen molar-refractivity contribution < 1.29 is 9.85 Å². The molecule has 0 N–H and O–H groups in total. The standard InChI is InChI=1S/C26H29N3O4/c1-2-3-4-5-6-7-8-21-9-11-22(12-10-21)27(23-13-17-25(18-14-23)28(30)31)24-15-19-26(20-16-24)29(32)33/h9-20H,2-8H2,1H3. The minimum Gasteiger partial charge on any atom is -0.310 e. The fourth-order valence-electron chi connectivity index (χ4n) is 3.82. The molecule has 3 aromatic rings. The second kappa shape index (κ2) is 11.8. The van der Waals surface area contributed by atoms with Crippen LogP contribution in [0.1, 0.15) is 51.0 Å². The van der Waals surface area contributed by atoms with E-state index < -0.39 is 9.85 Å². The highest BCUT2D eigenvalue weighted by molar-refractivity contribution is 5.77. The monoisotopic (exact) mass is 447 g/mol. The number of aryl methyl sites for hydroxylation is 1. The summed E-state index contributed by atoms with van der Waals surface area (Å²) >= 11 is 0. The van der Waals surface area contributed by atoms with Crippen LogP contribution in [0.25, 0.3) is 0 Å². The topological polar surface area (TPSA) is 89.5 Å². The average Bonchev–Trinajstić information content (AvgIpc) is 2.83. The van der Waals surface area contributed by atoms with Crippen molar-refractivity contribution in [3.63, 3.8) is 0 Å². The van der Waals surface area contributed by atoms with Crippen molar-refractivity contribution in [1.82, 2.24) is 0 Å². The Morgan fingerprint density at radius 1 is 0.606 bits per heavy atom. The van der Waals surface area contributed by atoms with Crippen molar-refractivity contribution >= 4 is 28.4 Å². The van der Waals surface area contributed by atoms with Crippen LogP contribution in [0.3, 0.4) is 0 Å². The van der Waals surface area contributed by atoms with E-state index in [0.29, 0.717) is 0 Å². The van der Waals surface area contributed by atoms with Crippen LogP contribution in [0.5, 0.6) is 0 Å². The van der Waals surface area contributed by atoms with E-state index in [4.69, 9.17) is 0 Å². The van der Waals surface area contributed by atoms with Gasteiger partial charge in [0.1, 0.15) is 0 Å². The maximum atomic E-state index is 11.0. The fourth-order valence-corrected chi connectivity index (χ4v) is 3.82. The largest absolute Gasteiger partial charge is 0.310 e. The summed E-state index contributed by atoms with van der Waals surface area (Å²) in [6, 6.07) is 20.8. The van der Waals surface area contributed by atoms with Gasteiger partial charge in [0.05, 0.1) is 9.85 Å². The Bertz CT molecular complexity index is 991. The van der Waals surface area contributed by atoms with Gasteiger partial charge in [-0.05, 0) is 54.8 Å². The van der Waals surface area contributed by atoms with E-state index in [1.54, 1.807) is 24.3 Å². The molecule has 0 saturated carbocycles. The zero-order chi connectivity index (χ0) is 23.6. The number of hydrogen-bond acceptors (Lipinski definition) is 5. The summed E-state index contributed by atoms with van der Waals surface area (Å²) in [5.41, 5.74) is 3.63. The zero-order valence-electron chi connectivity index (χ0n) is 18.9. The highest BCUT2D eigenvalue weighted by atomic mass is 16.6. The fraction of sp³-hybridized carbons (Fsp3) is 0.308. The van der Waals surface area contributed by atoms with Crippen LogP contribution >= 0.6 is 0 Å². The third kappa shape index (κ3) is 6.62. The van der Waals surface area contributed by atoms with E-state index in [0.717, 1.165) is 29.9 Å². The quantitative estimate of drug-likeness (QED) is 0.160. The maximum absolute atomic E-state index is 11.0. The average molecular weight is 448 g/mol. The second-order valence-electron chi connectivity index (χ2n) is 8.07. The van der Waals surface area contributed by atoms with Gasteiger partial charge in [-0.15, -0.1) is 0 Å². The Labute approximate surface area is 194 Å². The van der Waals surface area contributed by atoms with Gasteiger partial charge in [0.25, 0.3) is 11.4 Å². The van der Waals surface area contributed by atoms with Crippen LogP contribution in [0.4, 0.5) is 28.4 Å². The van der Waals surface area contributed by atoms with Crippen LogP contribution in [0.2, 0.25) is 0 Å². The Kier molecular flexibility index (Phi) is 8.52. The van der Waals surface area contributed by atoms with Crippen molar-refractivity contribution in [1.29, 1.82) is 0 Å². The van der Waals surface area contributed by atoms with Gasteiger partial charge in [-0.1, -0.05) is 51.2 Å². The SMILES string of the molecule is CCCCCCCCc1ccc(N(c2ccc([N+](=O)[O-])cc2)c2ccc([N+](=O)[O-])cc2)cc1. The van der Waals surface area contributed by atoms with Gasteiger partial charge in [0, 0.05) is 41.3 Å². The normalized spacial score (nSPS) is 10.7. The molecule has 0 aliphatic heterocycles. The summed E-state index contributed by atoms with van der Waals surface area (Å²) in [7, 11) is 0. The Balaban J connectivity index is 1.81. The molecule has 0 spiro atoms. The van der Waals surface area contributed by atoms with Crippen LogP contribution in [-0.2, 0) is 6.42 Å². The molecule has 0 atom stereocenters. The smallest absolute Gasteiger partial charge is 0.269 e. The van der Waals surface area contributed by atoms with Crippen molar-refractivity contribution in [3.05, 3.63) is 98.6 Å². The molecule has 33 heavy (non-hydrogen) atoms. The summed E-state index contributed by atoms with van der Waals surface area (Å²) in [4.78, 5) is 23.2. The van der Waals surface area contributed by atoms with E-state index in [1.807, 2.05) is 17.0 Å². The molecule has 0 radical (unpaired) electrons. The van der Waals surface area contributed by atoms with Crippen molar-refractivity contribution in [2.45, 2.75) is 51.9 Å². The number of non-ortho nitro benzene ring substituents is 2. The molecule has 0 bridgehead atoms. The minimum atomic E-state index is -0.433. The van der Waals surface area contributed by atoms with Crippen molar-refractivity contribution in [2.24, 2.45) is 0 Å². The molecular weight excluding hydrogens is 418 g/mol. The van der Waals surface area contributed by atoms with Crippen LogP contribution in [0.15, 0.2) is 72.8 Å². The highest BCUT2D eigenvalue weighted by Crippen LogP contribution is 2.36. The van der Waals surface area contributed by atoms with Gasteiger partial charge < -0.3 is 4.90 Å². The molecule has 3 rings (SSSR count). The molecule has 0 fully saturated rings. The summed E-state index contributed by atoms with van der Waals surface area (Å²) in [6.07, 6.45) is 8.56. The molecule has 172 valence electrons. The van der Waals surface area contributed by atoms with E-state index in [-0.39, 0.29) is 11.4 Å². The zero-order valence-corrected chi connectivity index (χ0v) is 18.9. The summed E-state index contributed by atoms with van der Waals surface area (Å²) in [6.45, 7) is 2.22. The first kappa shape index (κ1) is 23.9. The second-order valence-corrected chi connectivity index (χ2v) is 8.07. The molecule has 0 aromatic heterocycles. The van der Waals surface area contributed by atoms with Gasteiger partial charge in [0.2, 0.25) is 0 Å². The number of nitrogens with zero attached hydrogens (tertiary/aromatic N) is 3. The number of benzene rings is 3. The lowest BCUT2D eigenvalue weighted by atomic mass is 10.0. The van der Waals surface area contributed by atoms with Crippen LogP contribution in [0, 0.1) is 20.2 Å². The highest BCUT2D eigenvalue weighted by Gasteiger charge is 2.15. The minimum absolute atomic E-state index is 0.0108. The lowest BCUT2D eigenvalue weighted by Crippen LogP contribution is -2.10.